The van der Waals surface area contributed by atoms with Gasteiger partial charge in [0.25, 0.3) is 0 Å². The number of hydrogen-bond acceptors (Lipinski definition) is 4. The maximum Gasteiger partial charge on any atom is 0.313 e. The second kappa shape index (κ2) is 8.35. The largest absolute Gasteiger partial charge is 0.410 e. The molecule has 0 unspecified atom stereocenters. The van der Waals surface area contributed by atoms with Crippen molar-refractivity contribution in [2.75, 3.05) is 13.1 Å². The van der Waals surface area contributed by atoms with Crippen LogP contribution in [0.1, 0.15) is 72.6 Å². The summed E-state index contributed by atoms with van der Waals surface area (Å²) in [5.74, 6) is 3.38. The van der Waals surface area contributed by atoms with Crippen LogP contribution in [0.5, 0.6) is 0 Å². The molecule has 3 aliphatic carbocycles. The summed E-state index contributed by atoms with van der Waals surface area (Å²) in [7, 11) is 0. The summed E-state index contributed by atoms with van der Waals surface area (Å²) in [6, 6.07) is 0. The van der Waals surface area contributed by atoms with E-state index in [2.05, 4.69) is 44.4 Å². The van der Waals surface area contributed by atoms with E-state index in [1.54, 1.807) is 0 Å². The summed E-state index contributed by atoms with van der Waals surface area (Å²) in [6.45, 7) is 23.0. The van der Waals surface area contributed by atoms with E-state index in [1.807, 2.05) is 0 Å². The van der Waals surface area contributed by atoms with Crippen molar-refractivity contribution in [1.82, 2.24) is 5.32 Å². The summed E-state index contributed by atoms with van der Waals surface area (Å²) >= 11 is 0. The fraction of sp³-hybridized carbons (Fsp3) is 0.808. The molecule has 0 spiro atoms. The summed E-state index contributed by atoms with van der Waals surface area (Å²) in [4.78, 5) is 21.2. The maximum atomic E-state index is 11.9. The second-order valence-electron chi connectivity index (χ2n) is 11.4. The molecule has 0 aromatic carbocycles. The monoisotopic (exact) mass is 425 g/mol. The molecule has 4 aliphatic rings. The fourth-order valence-corrected chi connectivity index (χ4v) is 7.55. The highest BCUT2D eigenvalue weighted by molar-refractivity contribution is 5.91. The van der Waals surface area contributed by atoms with Crippen LogP contribution in [-0.4, -0.2) is 36.0 Å². The molecule has 3 saturated carbocycles. The van der Waals surface area contributed by atoms with Crippen LogP contribution in [0.3, 0.4) is 0 Å². The predicted octanol–water partition coefficient (Wildman–Crippen LogP) is 5.03. The van der Waals surface area contributed by atoms with Gasteiger partial charge >= 0.3 is 5.97 Å². The molecule has 1 N–H and O–H groups in total. The number of allylic oxidation sites excluding steroid dienone is 1. The third-order valence-corrected chi connectivity index (χ3v) is 8.85. The quantitative estimate of drug-likeness (QED) is 0.392. The number of nitrogens with zero attached hydrogens (tertiary/aromatic N) is 2. The molecule has 5 nitrogen and oxygen atoms in total. The summed E-state index contributed by atoms with van der Waals surface area (Å²) in [5, 5.41) is 3.23. The van der Waals surface area contributed by atoms with Crippen LogP contribution in [-0.2, 0) is 9.53 Å². The molecular weight excluding hydrogens is 386 g/mol. The standard InChI is InChI=1S/C26H39N3O2/c1-16-9-11-26(27-6)18(3)7-8-20-17(2)13-19(23(16)24(20)26)14-25(4,5)29-21-15-28-12-10-22(30)31-21/h17-20,23-24,28H,1,7-15H2,2-5H3/t17-,18-,19-,20+,23-,24-,26-/m0/s1. The highest BCUT2D eigenvalue weighted by Gasteiger charge is 2.64. The molecule has 4 fully saturated rings. The van der Waals surface area contributed by atoms with Crippen molar-refractivity contribution in [3.63, 3.8) is 0 Å². The van der Waals surface area contributed by atoms with E-state index in [4.69, 9.17) is 16.3 Å². The molecule has 170 valence electrons. The van der Waals surface area contributed by atoms with E-state index in [-0.39, 0.29) is 17.0 Å². The number of carbonyl (C=O) groups is 1. The first kappa shape index (κ1) is 22.5. The second-order valence-corrected chi connectivity index (χ2v) is 11.4. The Hall–Kier alpha value is -1.67. The van der Waals surface area contributed by atoms with Crippen molar-refractivity contribution in [1.29, 1.82) is 0 Å². The average Bonchev–Trinajstić information content (AvgIpc) is 2.90. The van der Waals surface area contributed by atoms with Gasteiger partial charge in [-0.25, -0.2) is 11.6 Å². The number of aliphatic imine (C=N–C) groups is 1. The average molecular weight is 426 g/mol. The molecule has 0 amide bonds. The number of esters is 1. The third kappa shape index (κ3) is 4.09. The predicted molar refractivity (Wildman–Crippen MR) is 124 cm³/mol. The first-order chi connectivity index (χ1) is 14.7. The fourth-order valence-electron chi connectivity index (χ4n) is 7.55. The zero-order valence-corrected chi connectivity index (χ0v) is 19.7. The van der Waals surface area contributed by atoms with Crippen molar-refractivity contribution in [2.24, 2.45) is 40.5 Å². The van der Waals surface area contributed by atoms with Crippen LogP contribution >= 0.6 is 0 Å². The molecule has 0 aromatic heterocycles. The number of cyclic esters (lactones) is 1. The zero-order chi connectivity index (χ0) is 22.4. The SMILES string of the molecule is [C-]#[N+][C@@]12CCC(=C)[C@H]3[C@H](CC(C)(C)N=C4CNCCC(=O)O4)C[C@H](C)[C@@H](CC[C@@H]1C)[C@@H]32. The van der Waals surface area contributed by atoms with Gasteiger partial charge in [-0.3, -0.25) is 4.79 Å². The van der Waals surface area contributed by atoms with E-state index in [1.165, 1.54) is 24.8 Å². The molecule has 0 radical (unpaired) electrons. The van der Waals surface area contributed by atoms with Gasteiger partial charge in [0, 0.05) is 24.8 Å². The molecule has 31 heavy (non-hydrogen) atoms. The Morgan fingerprint density at radius 2 is 2.10 bits per heavy atom. The van der Waals surface area contributed by atoms with Crippen molar-refractivity contribution in [2.45, 2.75) is 83.7 Å². The molecule has 1 saturated heterocycles. The van der Waals surface area contributed by atoms with Gasteiger partial charge in [0.1, 0.15) is 0 Å². The number of ether oxygens (including phenoxy) is 1. The Balaban J connectivity index is 1.62. The molecular formula is C26H39N3O2. The lowest BCUT2D eigenvalue weighted by atomic mass is 9.45. The summed E-state index contributed by atoms with van der Waals surface area (Å²) in [6.07, 6.45) is 6.93. The first-order valence-corrected chi connectivity index (χ1v) is 12.2. The van der Waals surface area contributed by atoms with E-state index in [9.17, 15) is 4.79 Å². The van der Waals surface area contributed by atoms with Crippen molar-refractivity contribution in [3.8, 4) is 0 Å². The lowest BCUT2D eigenvalue weighted by molar-refractivity contribution is -0.135. The number of rotatable bonds is 3. The Morgan fingerprint density at radius 1 is 1.32 bits per heavy atom. The highest BCUT2D eigenvalue weighted by atomic mass is 16.5. The zero-order valence-electron chi connectivity index (χ0n) is 19.7. The molecule has 0 aromatic rings. The number of carbonyl (C=O) groups excluding carboxylic acids is 1. The Kier molecular flexibility index (Phi) is 6.07. The van der Waals surface area contributed by atoms with Gasteiger partial charge in [-0.2, -0.15) is 0 Å². The lowest BCUT2D eigenvalue weighted by Gasteiger charge is -2.58. The third-order valence-electron chi connectivity index (χ3n) is 8.85. The maximum absolute atomic E-state index is 11.9. The van der Waals surface area contributed by atoms with Crippen molar-refractivity contribution >= 4 is 11.9 Å². The van der Waals surface area contributed by atoms with Gasteiger partial charge in [0.05, 0.1) is 18.5 Å². The normalized spacial score (nSPS) is 42.4. The van der Waals surface area contributed by atoms with E-state index in [0.29, 0.717) is 60.9 Å². The van der Waals surface area contributed by atoms with Crippen LogP contribution in [0.25, 0.3) is 4.85 Å². The van der Waals surface area contributed by atoms with Crippen molar-refractivity contribution in [3.05, 3.63) is 23.6 Å². The van der Waals surface area contributed by atoms with Gasteiger partial charge in [-0.1, -0.05) is 26.0 Å². The Bertz CT molecular complexity index is 810. The molecule has 4 rings (SSSR count). The van der Waals surface area contributed by atoms with E-state index in [0.717, 1.165) is 19.3 Å². The topological polar surface area (TPSA) is 55.0 Å². The minimum absolute atomic E-state index is 0.202. The molecule has 7 atom stereocenters. The Labute approximate surface area is 187 Å². The van der Waals surface area contributed by atoms with Crippen LogP contribution in [0.15, 0.2) is 17.1 Å². The minimum atomic E-state index is -0.322. The molecule has 5 heteroatoms. The molecule has 1 aliphatic heterocycles. The van der Waals surface area contributed by atoms with Crippen LogP contribution in [0, 0.1) is 42.1 Å². The van der Waals surface area contributed by atoms with Crippen LogP contribution in [0.2, 0.25) is 0 Å². The van der Waals surface area contributed by atoms with E-state index >= 15 is 0 Å². The van der Waals surface area contributed by atoms with Crippen LogP contribution < -0.4 is 5.32 Å². The van der Waals surface area contributed by atoms with Gasteiger partial charge in [-0.15, -0.1) is 0 Å². The molecule has 1 heterocycles. The summed E-state index contributed by atoms with van der Waals surface area (Å²) in [5.41, 5.74) is 0.835. The van der Waals surface area contributed by atoms with Gasteiger partial charge in [0.15, 0.2) is 0 Å². The summed E-state index contributed by atoms with van der Waals surface area (Å²) < 4.78 is 5.48. The van der Waals surface area contributed by atoms with Gasteiger partial charge in [-0.05, 0) is 69.6 Å². The number of nitrogens with one attached hydrogen (secondary N) is 1. The van der Waals surface area contributed by atoms with Gasteiger partial charge < -0.3 is 14.9 Å². The smallest absolute Gasteiger partial charge is 0.313 e. The van der Waals surface area contributed by atoms with Crippen LogP contribution in [0.4, 0.5) is 0 Å². The van der Waals surface area contributed by atoms with Crippen molar-refractivity contribution < 1.29 is 9.53 Å². The lowest BCUT2D eigenvalue weighted by Crippen LogP contribution is -2.59. The minimum Gasteiger partial charge on any atom is -0.410 e. The van der Waals surface area contributed by atoms with Gasteiger partial charge in [0.2, 0.25) is 11.4 Å². The highest BCUT2D eigenvalue weighted by Crippen LogP contribution is 2.63. The Morgan fingerprint density at radius 3 is 2.84 bits per heavy atom. The first-order valence-electron chi connectivity index (χ1n) is 12.2. The molecule has 0 bridgehead atoms. The van der Waals surface area contributed by atoms with E-state index < -0.39 is 0 Å². The number of hydrogen-bond donors (Lipinski definition) is 1.